The molecule has 1 saturated carbocycles. The van der Waals surface area contributed by atoms with Crippen molar-refractivity contribution in [2.75, 3.05) is 13.2 Å². The number of carbonyl (C=O) groups excluding carboxylic acids is 4. The van der Waals surface area contributed by atoms with E-state index in [0.717, 1.165) is 35.3 Å². The van der Waals surface area contributed by atoms with Crippen molar-refractivity contribution in [2.24, 2.45) is 5.92 Å². The zero-order valence-electron chi connectivity index (χ0n) is 18.6. The van der Waals surface area contributed by atoms with E-state index in [1.165, 1.54) is 5.56 Å². The molecule has 2 aliphatic rings. The van der Waals surface area contributed by atoms with Crippen molar-refractivity contribution < 1.29 is 23.9 Å². The Morgan fingerprint density at radius 3 is 2.68 bits per heavy atom. The molecule has 1 aromatic rings. The maximum atomic E-state index is 12.9. The summed E-state index contributed by atoms with van der Waals surface area (Å²) in [7, 11) is 0. The van der Waals surface area contributed by atoms with Crippen molar-refractivity contribution in [1.29, 1.82) is 0 Å². The molecule has 1 aliphatic carbocycles. The molecule has 0 aromatic heterocycles. The van der Waals surface area contributed by atoms with Crippen LogP contribution >= 0.6 is 0 Å². The number of urea groups is 1. The second-order valence-corrected chi connectivity index (χ2v) is 8.73. The Labute approximate surface area is 182 Å². The summed E-state index contributed by atoms with van der Waals surface area (Å²) in [6, 6.07) is 5.11. The molecule has 168 valence electrons. The Hall–Kier alpha value is -2.90. The van der Waals surface area contributed by atoms with Crippen molar-refractivity contribution in [3.8, 4) is 0 Å². The van der Waals surface area contributed by atoms with E-state index in [1.807, 2.05) is 45.9 Å². The van der Waals surface area contributed by atoms with Gasteiger partial charge < -0.3 is 15.4 Å². The smallest absolute Gasteiger partial charge is 0.326 e. The molecule has 2 N–H and O–H groups in total. The number of esters is 1. The van der Waals surface area contributed by atoms with Gasteiger partial charge in [-0.3, -0.25) is 19.3 Å². The number of imide groups is 1. The second-order valence-electron chi connectivity index (χ2n) is 8.73. The quantitative estimate of drug-likeness (QED) is 0.534. The van der Waals surface area contributed by atoms with E-state index in [-0.39, 0.29) is 17.9 Å². The van der Waals surface area contributed by atoms with E-state index >= 15 is 0 Å². The van der Waals surface area contributed by atoms with Gasteiger partial charge in [0.25, 0.3) is 11.8 Å². The van der Waals surface area contributed by atoms with E-state index in [4.69, 9.17) is 4.74 Å². The van der Waals surface area contributed by atoms with Gasteiger partial charge in [0.2, 0.25) is 0 Å². The number of nitrogens with one attached hydrogen (secondary N) is 2. The molecule has 0 unspecified atom stereocenters. The van der Waals surface area contributed by atoms with Crippen LogP contribution < -0.4 is 10.6 Å². The summed E-state index contributed by atoms with van der Waals surface area (Å²) in [5.74, 6) is -1.61. The molecule has 31 heavy (non-hydrogen) atoms. The predicted molar refractivity (Wildman–Crippen MR) is 114 cm³/mol. The van der Waals surface area contributed by atoms with Gasteiger partial charge in [0.15, 0.2) is 6.61 Å². The summed E-state index contributed by atoms with van der Waals surface area (Å²) in [5, 5.41) is 5.58. The lowest BCUT2D eigenvalue weighted by molar-refractivity contribution is -0.151. The summed E-state index contributed by atoms with van der Waals surface area (Å²) in [4.78, 5) is 50.5. The molecule has 8 heteroatoms. The van der Waals surface area contributed by atoms with Crippen LogP contribution in [0.4, 0.5) is 4.79 Å². The summed E-state index contributed by atoms with van der Waals surface area (Å²) < 4.78 is 5.02. The van der Waals surface area contributed by atoms with Crippen LogP contribution in [0.5, 0.6) is 0 Å². The molecule has 1 spiro atoms. The fourth-order valence-electron chi connectivity index (χ4n) is 4.36. The Morgan fingerprint density at radius 2 is 2.00 bits per heavy atom. The van der Waals surface area contributed by atoms with E-state index in [1.54, 1.807) is 0 Å². The SMILES string of the molecule is Cc1ccc([C@H](C)NC(=O)COC(=O)CN2C(=O)N[C@]3(CCCC[C@@H]3C)C2=O)cc1C. The Balaban J connectivity index is 1.50. The molecule has 0 radical (unpaired) electrons. The van der Waals surface area contributed by atoms with Crippen LogP contribution in [0.3, 0.4) is 0 Å². The monoisotopic (exact) mass is 429 g/mol. The molecule has 0 bridgehead atoms. The minimum atomic E-state index is -0.922. The highest BCUT2D eigenvalue weighted by Gasteiger charge is 2.55. The van der Waals surface area contributed by atoms with E-state index in [0.29, 0.717) is 6.42 Å². The summed E-state index contributed by atoms with van der Waals surface area (Å²) >= 11 is 0. The third-order valence-corrected chi connectivity index (χ3v) is 6.56. The topological polar surface area (TPSA) is 105 Å². The third-order valence-electron chi connectivity index (χ3n) is 6.56. The van der Waals surface area contributed by atoms with E-state index in [2.05, 4.69) is 10.6 Å². The summed E-state index contributed by atoms with van der Waals surface area (Å²) in [5.41, 5.74) is 2.33. The van der Waals surface area contributed by atoms with Crippen LogP contribution in [0.2, 0.25) is 0 Å². The van der Waals surface area contributed by atoms with Crippen molar-refractivity contribution in [3.63, 3.8) is 0 Å². The normalized spacial score (nSPS) is 24.1. The standard InChI is InChI=1S/C23H31N3O5/c1-14-8-9-18(11-15(14)2)17(4)24-19(27)13-31-20(28)12-26-21(29)23(25-22(26)30)10-6-5-7-16(23)3/h8-9,11,16-17H,5-7,10,12-13H2,1-4H3,(H,24,27)(H,25,30)/t16-,17-,23-/m0/s1. The average Bonchev–Trinajstić information content (AvgIpc) is 2.95. The zero-order valence-corrected chi connectivity index (χ0v) is 18.6. The van der Waals surface area contributed by atoms with Crippen molar-refractivity contribution >= 4 is 23.8 Å². The lowest BCUT2D eigenvalue weighted by Crippen LogP contribution is -2.54. The van der Waals surface area contributed by atoms with Crippen molar-refractivity contribution in [3.05, 3.63) is 34.9 Å². The van der Waals surface area contributed by atoms with Crippen LogP contribution in [-0.4, -0.2) is 47.4 Å². The van der Waals surface area contributed by atoms with Gasteiger partial charge in [-0.1, -0.05) is 38.0 Å². The molecule has 2 fully saturated rings. The predicted octanol–water partition coefficient (Wildman–Crippen LogP) is 2.52. The Bertz CT molecular complexity index is 899. The molecule has 8 nitrogen and oxygen atoms in total. The molecule has 1 saturated heterocycles. The number of rotatable bonds is 6. The molecule has 1 aliphatic heterocycles. The van der Waals surface area contributed by atoms with Crippen molar-refractivity contribution in [1.82, 2.24) is 15.5 Å². The average molecular weight is 430 g/mol. The largest absolute Gasteiger partial charge is 0.454 e. The minimum Gasteiger partial charge on any atom is -0.454 e. The lowest BCUT2D eigenvalue weighted by Gasteiger charge is -2.36. The maximum absolute atomic E-state index is 12.9. The second kappa shape index (κ2) is 9.08. The highest BCUT2D eigenvalue weighted by atomic mass is 16.5. The first-order valence-electron chi connectivity index (χ1n) is 10.8. The number of carbonyl (C=O) groups is 4. The molecule has 3 atom stereocenters. The number of nitrogens with zero attached hydrogens (tertiary/aromatic N) is 1. The Kier molecular flexibility index (Phi) is 6.67. The van der Waals surface area contributed by atoms with Gasteiger partial charge in [0, 0.05) is 0 Å². The van der Waals surface area contributed by atoms with E-state index < -0.39 is 36.6 Å². The Morgan fingerprint density at radius 1 is 1.26 bits per heavy atom. The van der Waals surface area contributed by atoms with Crippen LogP contribution in [0.1, 0.15) is 62.3 Å². The maximum Gasteiger partial charge on any atom is 0.326 e. The highest BCUT2D eigenvalue weighted by molar-refractivity contribution is 6.09. The minimum absolute atomic E-state index is 0.0106. The number of aryl methyl sites for hydroxylation is 2. The molecular weight excluding hydrogens is 398 g/mol. The molecule has 1 aromatic carbocycles. The van der Waals surface area contributed by atoms with Gasteiger partial charge >= 0.3 is 12.0 Å². The van der Waals surface area contributed by atoms with Gasteiger partial charge in [0.05, 0.1) is 6.04 Å². The first-order chi connectivity index (χ1) is 14.6. The number of benzene rings is 1. The summed E-state index contributed by atoms with van der Waals surface area (Å²) in [6.45, 7) is 6.84. The molecule has 1 heterocycles. The van der Waals surface area contributed by atoms with Crippen LogP contribution in [0, 0.1) is 19.8 Å². The molecular formula is C23H31N3O5. The molecule has 4 amide bonds. The van der Waals surface area contributed by atoms with Gasteiger partial charge in [-0.15, -0.1) is 0 Å². The number of hydrogen-bond acceptors (Lipinski definition) is 5. The third kappa shape index (κ3) is 4.73. The number of amides is 4. The molecule has 3 rings (SSSR count). The van der Waals surface area contributed by atoms with Crippen molar-refractivity contribution in [2.45, 2.75) is 65.0 Å². The first kappa shape index (κ1) is 22.8. The van der Waals surface area contributed by atoms with Crippen LogP contribution in [-0.2, 0) is 19.1 Å². The van der Waals surface area contributed by atoms with Gasteiger partial charge in [-0.25, -0.2) is 4.79 Å². The number of ether oxygens (including phenoxy) is 1. The zero-order chi connectivity index (χ0) is 22.8. The van der Waals surface area contributed by atoms with E-state index in [9.17, 15) is 19.2 Å². The highest BCUT2D eigenvalue weighted by Crippen LogP contribution is 2.38. The summed E-state index contributed by atoms with van der Waals surface area (Å²) in [6.07, 6.45) is 3.30. The van der Waals surface area contributed by atoms with Crippen LogP contribution in [0.25, 0.3) is 0 Å². The fraction of sp³-hybridized carbons (Fsp3) is 0.565. The van der Waals surface area contributed by atoms with Crippen LogP contribution in [0.15, 0.2) is 18.2 Å². The van der Waals surface area contributed by atoms with Gasteiger partial charge in [0.1, 0.15) is 12.1 Å². The van der Waals surface area contributed by atoms with Gasteiger partial charge in [-0.05, 0) is 56.2 Å². The lowest BCUT2D eigenvalue weighted by atomic mass is 9.73. The number of hydrogen-bond donors (Lipinski definition) is 2. The van der Waals surface area contributed by atoms with Gasteiger partial charge in [-0.2, -0.15) is 0 Å². The fourth-order valence-corrected chi connectivity index (χ4v) is 4.36. The first-order valence-corrected chi connectivity index (χ1v) is 10.8.